The number of likely N-dealkylation sites (tertiary alicyclic amines) is 4. The number of aliphatic hydroxyl groups is 1. The Morgan fingerprint density at radius 1 is 0.488 bits per heavy atom. The standard InChI is InChI=1S/C27H31N3O3.C27H27N3O3.C25H27N3O5.C24H25N3O3/c1-17(2)32-25-18(3)14-20(15-19(25)4)26(31)30-12-10-27(11-13-30)22-16-28-29(5)24(22)21-8-6-7-9-23(21)33-27;1-3-19(2)32-23-11-10-20(17-21(23)18-28)26(31)29-15-12-27(13-16-29)25-9-6-14-30(25)22-7-4-5-8-24(22)33-27;1-27-15-18-22(26-27)17-7-5-6-8-19(17)33-25(18)9-11-28(12-10-25)24(29)16-13-20(30-2)23(32-4)21(14-16)31-3;1-16-17(15-28)6-5-8-18(16)23(29)27-12-10-24(11-13-27)20-14-25-26(2)22(20)19-7-3-4-9-21(19)30-24/h6-9,14-17H,10-13H2,1-5H3;4-11,14,17,19H,3,12-13,15-16H2,1-2H3;5-8,13-15H,9-12H2,1-4H3;3-9,14,28H,10-13,15H2,1-2H3/t;19-;;/m.0../s1. The Morgan fingerprint density at radius 2 is 0.953 bits per heavy atom. The number of hydrogen-bond acceptors (Lipinski definition) is 18. The van der Waals surface area contributed by atoms with Gasteiger partial charge in [-0.3, -0.25) is 33.2 Å². The van der Waals surface area contributed by atoms with Gasteiger partial charge in [-0.1, -0.05) is 67.6 Å². The Labute approximate surface area is 751 Å². The molecule has 1 atom stereocenters. The van der Waals surface area contributed by atoms with E-state index in [1.165, 1.54) is 0 Å². The van der Waals surface area contributed by atoms with E-state index in [-0.39, 0.29) is 42.4 Å². The SMILES string of the molecule is CC[C@H](C)Oc1ccc(C(=O)N2CCC3(CC2)Oc2ccccc2-n2cccc23)cc1C#N.COc1cc(C(=O)N2CCC3(CC2)Oc2ccccc2-c2nn(C)cc23)cc(OC)c1OC.Cc1c(CO)cccc1C(=O)N1CCC2(CC1)Oc1ccccc1-c1c2cnn1C.Cc1cc(C(=O)N2CCC3(CC2)Oc2ccccc2-c2c3cnn2C)cc(C)c1OC(C)C. The van der Waals surface area contributed by atoms with E-state index in [4.69, 9.17) is 47.7 Å². The van der Waals surface area contributed by atoms with E-state index in [2.05, 4.69) is 51.3 Å². The van der Waals surface area contributed by atoms with Gasteiger partial charge in [0, 0.05) is 193 Å². The van der Waals surface area contributed by atoms with Crippen LogP contribution in [0.5, 0.6) is 51.7 Å². The maximum Gasteiger partial charge on any atom is 0.254 e. The van der Waals surface area contributed by atoms with Gasteiger partial charge in [0.15, 0.2) is 17.1 Å². The Hall–Kier alpha value is -13.8. The number of fused-ring (bicyclic) bond motifs is 16. The zero-order chi connectivity index (χ0) is 90.4. The minimum atomic E-state index is -0.496. The summed E-state index contributed by atoms with van der Waals surface area (Å²) in [5.41, 5.74) is 16.4. The molecule has 12 aromatic rings. The third-order valence-electron chi connectivity index (χ3n) is 26.7. The summed E-state index contributed by atoms with van der Waals surface area (Å²) < 4.78 is 62.2. The predicted molar refractivity (Wildman–Crippen MR) is 488 cm³/mol. The molecule has 26 heteroatoms. The van der Waals surface area contributed by atoms with Crippen molar-refractivity contribution in [2.45, 2.75) is 147 Å². The number of hydrogen-bond donors (Lipinski definition) is 1. The minimum Gasteiger partial charge on any atom is -0.493 e. The van der Waals surface area contributed by atoms with E-state index in [1.807, 2.05) is 237 Å². The first-order valence-corrected chi connectivity index (χ1v) is 44.4. The van der Waals surface area contributed by atoms with Gasteiger partial charge < -0.3 is 71.9 Å². The molecule has 8 aromatic carbocycles. The number of para-hydroxylation sites is 5. The molecule has 26 nitrogen and oxygen atoms in total. The van der Waals surface area contributed by atoms with E-state index < -0.39 is 22.4 Å². The third kappa shape index (κ3) is 16.3. The lowest BCUT2D eigenvalue weighted by atomic mass is 9.81. The predicted octanol–water partition coefficient (Wildman–Crippen LogP) is 17.1. The number of piperidine rings is 4. The first-order chi connectivity index (χ1) is 62.4. The number of ether oxygens (including phenoxy) is 9. The molecule has 0 saturated carbocycles. The summed E-state index contributed by atoms with van der Waals surface area (Å²) in [7, 11) is 10.5. The van der Waals surface area contributed by atoms with Gasteiger partial charge in [0.1, 0.15) is 63.1 Å². The van der Waals surface area contributed by atoms with Gasteiger partial charge in [0.05, 0.1) is 80.9 Å². The van der Waals surface area contributed by atoms with E-state index >= 15 is 0 Å². The summed E-state index contributed by atoms with van der Waals surface area (Å²) in [6.45, 7) is 18.6. The highest BCUT2D eigenvalue weighted by Gasteiger charge is 2.51. The number of rotatable bonds is 13. The van der Waals surface area contributed by atoms with Crippen LogP contribution in [0.15, 0.2) is 195 Å². The molecule has 1 N–H and O–H groups in total. The number of nitrogens with zero attached hydrogens (tertiary/aromatic N) is 12. The van der Waals surface area contributed by atoms with Gasteiger partial charge in [-0.2, -0.15) is 20.6 Å². The van der Waals surface area contributed by atoms with E-state index in [0.29, 0.717) is 142 Å². The largest absolute Gasteiger partial charge is 0.493 e. The molecule has 0 radical (unpaired) electrons. The Kier molecular flexibility index (Phi) is 24.2. The fraction of sp³-hybridized carbons (Fsp3) is 0.359. The molecule has 8 aliphatic heterocycles. The van der Waals surface area contributed by atoms with Crippen LogP contribution in [0.4, 0.5) is 0 Å². The lowest BCUT2D eigenvalue weighted by Crippen LogP contribution is -2.50. The minimum absolute atomic E-state index is 0.0107. The van der Waals surface area contributed by atoms with Crippen LogP contribution >= 0.6 is 0 Å². The topological polar surface area (TPSA) is 267 Å². The van der Waals surface area contributed by atoms with Crippen molar-refractivity contribution in [3.63, 3.8) is 0 Å². The summed E-state index contributed by atoms with van der Waals surface area (Å²) >= 11 is 0. The molecular weight excluding hydrogens is 1630 g/mol. The smallest absolute Gasteiger partial charge is 0.254 e. The maximum atomic E-state index is 13.4. The number of aryl methyl sites for hydroxylation is 5. The van der Waals surface area contributed by atoms with Crippen molar-refractivity contribution >= 4 is 23.6 Å². The number of amides is 4. The number of carbonyl (C=O) groups excluding carboxylic acids is 4. The van der Waals surface area contributed by atoms with Crippen molar-refractivity contribution in [1.29, 1.82) is 5.26 Å². The van der Waals surface area contributed by atoms with E-state index in [0.717, 1.165) is 132 Å². The molecule has 12 heterocycles. The Morgan fingerprint density at radius 3 is 1.46 bits per heavy atom. The highest BCUT2D eigenvalue weighted by molar-refractivity contribution is 5.98. The summed E-state index contributed by atoms with van der Waals surface area (Å²) in [5.74, 6) is 6.19. The summed E-state index contributed by atoms with van der Waals surface area (Å²) in [4.78, 5) is 60.8. The molecule has 666 valence electrons. The second kappa shape index (κ2) is 35.8. The molecule has 0 aliphatic carbocycles. The summed E-state index contributed by atoms with van der Waals surface area (Å²) in [5, 5.41) is 32.9. The van der Waals surface area contributed by atoms with Crippen LogP contribution in [0.3, 0.4) is 0 Å². The van der Waals surface area contributed by atoms with Crippen LogP contribution in [0, 0.1) is 32.1 Å². The molecule has 0 unspecified atom stereocenters. The van der Waals surface area contributed by atoms with Crippen molar-refractivity contribution in [3.05, 3.63) is 267 Å². The van der Waals surface area contributed by atoms with Crippen molar-refractivity contribution in [2.75, 3.05) is 73.7 Å². The van der Waals surface area contributed by atoms with Crippen molar-refractivity contribution in [2.24, 2.45) is 21.1 Å². The van der Waals surface area contributed by atoms with Crippen molar-refractivity contribution in [3.8, 4) is 97.3 Å². The average Bonchev–Trinajstić information content (AvgIpc) is 1.62. The van der Waals surface area contributed by atoms with Crippen LogP contribution in [0.1, 0.15) is 177 Å². The lowest BCUT2D eigenvalue weighted by Gasteiger charge is -2.45. The quantitative estimate of drug-likeness (QED) is 0.112. The Balaban J connectivity index is 0.000000121. The van der Waals surface area contributed by atoms with Gasteiger partial charge in [0.2, 0.25) is 5.75 Å². The molecule has 8 aliphatic rings. The fourth-order valence-corrected chi connectivity index (χ4v) is 19.6. The fourth-order valence-electron chi connectivity index (χ4n) is 19.6. The molecule has 4 spiro atoms. The van der Waals surface area contributed by atoms with Gasteiger partial charge in [-0.25, -0.2) is 0 Å². The Bertz CT molecular complexity index is 6250. The molecule has 0 bridgehead atoms. The van der Waals surface area contributed by atoms with Gasteiger partial charge in [-0.05, 0) is 179 Å². The summed E-state index contributed by atoms with van der Waals surface area (Å²) in [6, 6.07) is 56.6. The first kappa shape index (κ1) is 87.3. The molecule has 4 fully saturated rings. The van der Waals surface area contributed by atoms with Crippen LogP contribution in [0.2, 0.25) is 0 Å². The van der Waals surface area contributed by atoms with Crippen molar-refractivity contribution < 1.29 is 66.9 Å². The number of carbonyl (C=O) groups is 4. The zero-order valence-electron chi connectivity index (χ0n) is 75.5. The van der Waals surface area contributed by atoms with Crippen LogP contribution in [-0.4, -0.2) is 168 Å². The molecule has 129 heavy (non-hydrogen) atoms. The summed E-state index contributed by atoms with van der Waals surface area (Å²) in [6.07, 6.45) is 14.6. The molecular formula is C103H110N12O14. The average molecular weight is 1740 g/mol. The highest BCUT2D eigenvalue weighted by Crippen LogP contribution is 2.54. The number of nitriles is 1. The number of methoxy groups -OCH3 is 3. The highest BCUT2D eigenvalue weighted by atomic mass is 16.5. The first-order valence-electron chi connectivity index (χ1n) is 44.4. The lowest BCUT2D eigenvalue weighted by molar-refractivity contribution is -0.00940. The van der Waals surface area contributed by atoms with Gasteiger partial charge >= 0.3 is 0 Å². The second-order valence-corrected chi connectivity index (χ2v) is 34.8. The van der Waals surface area contributed by atoms with E-state index in [9.17, 15) is 29.5 Å². The molecule has 4 amide bonds. The van der Waals surface area contributed by atoms with Gasteiger partial charge in [-0.15, -0.1) is 0 Å². The molecule has 4 aromatic heterocycles. The van der Waals surface area contributed by atoms with Crippen molar-refractivity contribution in [1.82, 2.24) is 53.5 Å². The van der Waals surface area contributed by atoms with Gasteiger partial charge in [0.25, 0.3) is 23.6 Å². The third-order valence-corrected chi connectivity index (χ3v) is 26.7. The molecule has 20 rings (SSSR count). The molecule has 4 saturated heterocycles. The normalized spacial score (nSPS) is 16.4. The van der Waals surface area contributed by atoms with Crippen LogP contribution in [0.25, 0.3) is 39.5 Å². The zero-order valence-corrected chi connectivity index (χ0v) is 75.5. The number of aliphatic hydroxyl groups excluding tert-OH is 1. The van der Waals surface area contributed by atoms with Crippen LogP contribution < -0.4 is 42.6 Å². The maximum absolute atomic E-state index is 13.4. The van der Waals surface area contributed by atoms with Crippen LogP contribution in [-0.2, 0) is 50.2 Å². The number of benzene rings is 8. The van der Waals surface area contributed by atoms with E-state index in [1.54, 1.807) is 51.7 Å². The second-order valence-electron chi connectivity index (χ2n) is 34.8. The number of aromatic nitrogens is 7. The monoisotopic (exact) mass is 1740 g/mol.